The molecule has 170 valence electrons. The highest BCUT2D eigenvalue weighted by atomic mass is 16.5. The van der Waals surface area contributed by atoms with Crippen LogP contribution in [0.4, 0.5) is 5.82 Å². The van der Waals surface area contributed by atoms with Gasteiger partial charge < -0.3 is 20.9 Å². The number of fused-ring (bicyclic) bond motifs is 2. The topological polar surface area (TPSA) is 128 Å². The zero-order valence-corrected chi connectivity index (χ0v) is 18.5. The van der Waals surface area contributed by atoms with Crippen LogP contribution < -0.4 is 11.1 Å². The summed E-state index contributed by atoms with van der Waals surface area (Å²) >= 11 is 0. The minimum atomic E-state index is -0.358. The number of aromatic hydroxyl groups is 1. The molecule has 0 fully saturated rings. The molecule has 2 aromatic heterocycles. The smallest absolute Gasteiger partial charge is 0.257 e. The van der Waals surface area contributed by atoms with Crippen molar-refractivity contribution in [1.29, 1.82) is 0 Å². The summed E-state index contributed by atoms with van der Waals surface area (Å²) in [6, 6.07) is 14.2. The van der Waals surface area contributed by atoms with Gasteiger partial charge in [-0.1, -0.05) is 24.3 Å². The minimum Gasteiger partial charge on any atom is -0.507 e. The van der Waals surface area contributed by atoms with Crippen LogP contribution in [0.1, 0.15) is 36.2 Å². The number of hydrogen-bond acceptors (Lipinski definition) is 7. The molecule has 33 heavy (non-hydrogen) atoms. The average molecular weight is 447 g/mol. The number of benzene rings is 2. The van der Waals surface area contributed by atoms with Crippen molar-refractivity contribution >= 4 is 40.1 Å². The van der Waals surface area contributed by atoms with Gasteiger partial charge in [-0.3, -0.25) is 4.79 Å². The largest absolute Gasteiger partial charge is 0.507 e. The molecule has 0 aliphatic heterocycles. The molecule has 0 aliphatic rings. The Morgan fingerprint density at radius 3 is 2.61 bits per heavy atom. The molecule has 0 saturated carbocycles. The third-order valence-electron chi connectivity index (χ3n) is 5.01. The number of rotatable bonds is 8. The standard InChI is InChI=1S/C24H26N6O3/c1-15(2)33-13-7-12-26-24(32)20-21-23(29-18-10-5-4-9-17(18)28-21)30(22(20)25)27-14-16-8-3-6-11-19(16)31/h3-6,8-11,14-15,31H,7,12-13,25H2,1-2H3,(H,26,32)/b27-14+. The monoisotopic (exact) mass is 446 g/mol. The van der Waals surface area contributed by atoms with Crippen LogP contribution in [0.5, 0.6) is 5.75 Å². The predicted octanol–water partition coefficient (Wildman–Crippen LogP) is 3.30. The Hall–Kier alpha value is -3.98. The fourth-order valence-corrected chi connectivity index (χ4v) is 3.39. The molecule has 4 N–H and O–H groups in total. The molecule has 0 atom stereocenters. The summed E-state index contributed by atoms with van der Waals surface area (Å²) in [6.07, 6.45) is 2.27. The van der Waals surface area contributed by atoms with Gasteiger partial charge in [0.15, 0.2) is 5.65 Å². The van der Waals surface area contributed by atoms with Crippen molar-refractivity contribution in [2.45, 2.75) is 26.4 Å². The van der Waals surface area contributed by atoms with E-state index in [1.54, 1.807) is 24.3 Å². The van der Waals surface area contributed by atoms with Crippen molar-refractivity contribution in [2.75, 3.05) is 18.9 Å². The molecule has 0 unspecified atom stereocenters. The number of nitrogens with one attached hydrogen (secondary N) is 1. The van der Waals surface area contributed by atoms with E-state index in [1.165, 1.54) is 10.9 Å². The van der Waals surface area contributed by atoms with Crippen LogP contribution in [-0.4, -0.2) is 51.1 Å². The second kappa shape index (κ2) is 9.66. The molecule has 9 heteroatoms. The molecule has 0 saturated heterocycles. The third-order valence-corrected chi connectivity index (χ3v) is 5.01. The van der Waals surface area contributed by atoms with E-state index >= 15 is 0 Å². The number of para-hydroxylation sites is 3. The van der Waals surface area contributed by atoms with Crippen molar-refractivity contribution in [3.8, 4) is 5.75 Å². The highest BCUT2D eigenvalue weighted by Crippen LogP contribution is 2.28. The Bertz CT molecular complexity index is 1330. The zero-order valence-electron chi connectivity index (χ0n) is 18.5. The summed E-state index contributed by atoms with van der Waals surface area (Å²) < 4.78 is 6.89. The lowest BCUT2D eigenvalue weighted by Gasteiger charge is -2.08. The van der Waals surface area contributed by atoms with E-state index < -0.39 is 0 Å². The van der Waals surface area contributed by atoms with Gasteiger partial charge in [-0.05, 0) is 44.5 Å². The Morgan fingerprint density at radius 1 is 1.18 bits per heavy atom. The Kier molecular flexibility index (Phi) is 6.50. The maximum atomic E-state index is 13.0. The van der Waals surface area contributed by atoms with Gasteiger partial charge in [0, 0.05) is 18.7 Å². The van der Waals surface area contributed by atoms with Crippen molar-refractivity contribution in [3.63, 3.8) is 0 Å². The molecule has 4 aromatic rings. The quantitative estimate of drug-likeness (QED) is 0.281. The van der Waals surface area contributed by atoms with Crippen LogP contribution >= 0.6 is 0 Å². The molecular weight excluding hydrogens is 420 g/mol. The summed E-state index contributed by atoms with van der Waals surface area (Å²) in [7, 11) is 0. The van der Waals surface area contributed by atoms with Crippen LogP contribution in [0, 0.1) is 0 Å². The van der Waals surface area contributed by atoms with Gasteiger partial charge in [-0.15, -0.1) is 0 Å². The van der Waals surface area contributed by atoms with Crippen LogP contribution in [0.15, 0.2) is 53.6 Å². The van der Waals surface area contributed by atoms with Crippen molar-refractivity contribution in [3.05, 3.63) is 59.7 Å². The number of carbonyl (C=O) groups excluding carboxylic acids is 1. The predicted molar refractivity (Wildman–Crippen MR) is 129 cm³/mol. The van der Waals surface area contributed by atoms with E-state index in [0.29, 0.717) is 47.3 Å². The van der Waals surface area contributed by atoms with Gasteiger partial charge in [-0.25, -0.2) is 9.97 Å². The number of phenols is 1. The fraction of sp³-hybridized carbons (Fsp3) is 0.250. The molecule has 4 rings (SSSR count). The lowest BCUT2D eigenvalue weighted by atomic mass is 10.2. The number of ether oxygens (including phenoxy) is 1. The van der Waals surface area contributed by atoms with Gasteiger partial charge in [-0.2, -0.15) is 9.78 Å². The molecule has 2 heterocycles. The van der Waals surface area contributed by atoms with E-state index in [0.717, 1.165) is 0 Å². The molecule has 1 amide bonds. The molecule has 2 aromatic carbocycles. The van der Waals surface area contributed by atoms with E-state index in [2.05, 4.69) is 20.4 Å². The van der Waals surface area contributed by atoms with Gasteiger partial charge in [0.25, 0.3) is 5.91 Å². The molecule has 9 nitrogen and oxygen atoms in total. The van der Waals surface area contributed by atoms with Crippen LogP contribution in [0.2, 0.25) is 0 Å². The van der Waals surface area contributed by atoms with Crippen molar-refractivity contribution < 1.29 is 14.6 Å². The minimum absolute atomic E-state index is 0.0781. The Morgan fingerprint density at radius 2 is 1.88 bits per heavy atom. The summed E-state index contributed by atoms with van der Waals surface area (Å²) in [6.45, 7) is 4.91. The first-order valence-electron chi connectivity index (χ1n) is 10.7. The maximum Gasteiger partial charge on any atom is 0.257 e. The number of hydrogen-bond donors (Lipinski definition) is 3. The summed E-state index contributed by atoms with van der Waals surface area (Å²) in [5, 5.41) is 17.3. The first-order chi connectivity index (χ1) is 16.0. The first-order valence-corrected chi connectivity index (χ1v) is 10.7. The fourth-order valence-electron chi connectivity index (χ4n) is 3.39. The van der Waals surface area contributed by atoms with Crippen molar-refractivity contribution in [1.82, 2.24) is 20.0 Å². The Balaban J connectivity index is 1.73. The van der Waals surface area contributed by atoms with Crippen LogP contribution in [0.25, 0.3) is 22.2 Å². The summed E-state index contributed by atoms with van der Waals surface area (Å²) in [5.41, 5.74) is 9.09. The number of nitrogen functional groups attached to an aromatic ring is 1. The number of nitrogens with zero attached hydrogens (tertiary/aromatic N) is 4. The normalized spacial score (nSPS) is 11.7. The number of amides is 1. The van der Waals surface area contributed by atoms with E-state index in [1.807, 2.05) is 38.1 Å². The van der Waals surface area contributed by atoms with Crippen LogP contribution in [-0.2, 0) is 4.74 Å². The van der Waals surface area contributed by atoms with E-state index in [-0.39, 0.29) is 29.1 Å². The zero-order chi connectivity index (χ0) is 23.4. The van der Waals surface area contributed by atoms with E-state index in [9.17, 15) is 9.90 Å². The number of carbonyl (C=O) groups is 1. The van der Waals surface area contributed by atoms with Gasteiger partial charge in [0.1, 0.15) is 22.6 Å². The maximum absolute atomic E-state index is 13.0. The van der Waals surface area contributed by atoms with Gasteiger partial charge in [0.05, 0.1) is 23.4 Å². The highest BCUT2D eigenvalue weighted by molar-refractivity contribution is 6.10. The molecule has 0 bridgehead atoms. The SMILES string of the molecule is CC(C)OCCCNC(=O)c1c(N)n(/N=C/c2ccccc2O)c2nc3ccccc3nc12. The average Bonchev–Trinajstić information content (AvgIpc) is 3.06. The van der Waals surface area contributed by atoms with Gasteiger partial charge >= 0.3 is 0 Å². The second-order valence-electron chi connectivity index (χ2n) is 7.79. The Labute approximate surface area is 190 Å². The number of nitrogens with two attached hydrogens (primary N) is 1. The van der Waals surface area contributed by atoms with E-state index in [4.69, 9.17) is 10.5 Å². The van der Waals surface area contributed by atoms with Crippen LogP contribution in [0.3, 0.4) is 0 Å². The second-order valence-corrected chi connectivity index (χ2v) is 7.79. The molecule has 0 spiro atoms. The van der Waals surface area contributed by atoms with Crippen molar-refractivity contribution in [2.24, 2.45) is 5.10 Å². The number of phenolic OH excluding ortho intramolecular Hbond substituents is 1. The molecule has 0 radical (unpaired) electrons. The summed E-state index contributed by atoms with van der Waals surface area (Å²) in [4.78, 5) is 22.3. The lowest BCUT2D eigenvalue weighted by molar-refractivity contribution is 0.0757. The molecular formula is C24H26N6O3. The first kappa shape index (κ1) is 22.2. The lowest BCUT2D eigenvalue weighted by Crippen LogP contribution is -2.26. The summed E-state index contributed by atoms with van der Waals surface area (Å²) in [5.74, 6) is -0.166. The highest BCUT2D eigenvalue weighted by Gasteiger charge is 2.24. The number of anilines is 1. The molecule has 0 aliphatic carbocycles. The van der Waals surface area contributed by atoms with Gasteiger partial charge in [0.2, 0.25) is 0 Å². The number of aromatic nitrogens is 3. The third kappa shape index (κ3) is 4.78.